The largest absolute Gasteiger partial charge is 0.508 e. The second-order valence-electron chi connectivity index (χ2n) is 6.31. The van der Waals surface area contributed by atoms with Crippen molar-refractivity contribution in [2.45, 2.75) is 71.6 Å². The van der Waals surface area contributed by atoms with E-state index in [1.807, 2.05) is 6.07 Å². The van der Waals surface area contributed by atoms with E-state index >= 15 is 0 Å². The van der Waals surface area contributed by atoms with Gasteiger partial charge in [0, 0.05) is 11.5 Å². The van der Waals surface area contributed by atoms with Gasteiger partial charge in [0.2, 0.25) is 0 Å². The van der Waals surface area contributed by atoms with E-state index in [1.54, 1.807) is 0 Å². The van der Waals surface area contributed by atoms with Gasteiger partial charge < -0.3 is 5.11 Å². The van der Waals surface area contributed by atoms with Gasteiger partial charge in [-0.1, -0.05) is 37.5 Å². The number of aromatic hydroxyl groups is 1. The van der Waals surface area contributed by atoms with Crippen LogP contribution < -0.4 is 0 Å². The van der Waals surface area contributed by atoms with E-state index in [0.29, 0.717) is 11.7 Å². The normalized spacial score (nSPS) is 18.9. The summed E-state index contributed by atoms with van der Waals surface area (Å²) in [7, 11) is 0. The number of hydrogen-bond donors (Lipinski definition) is 1. The van der Waals surface area contributed by atoms with Crippen LogP contribution in [0.25, 0.3) is 0 Å². The zero-order valence-corrected chi connectivity index (χ0v) is 13.2. The number of phenolic OH excluding ortho intramolecular Hbond substituents is 1. The Morgan fingerprint density at radius 2 is 2.00 bits per heavy atom. The molecule has 1 unspecified atom stereocenters. The van der Waals surface area contributed by atoms with E-state index in [2.05, 4.69) is 32.9 Å². The Morgan fingerprint density at radius 1 is 1.20 bits per heavy atom. The van der Waals surface area contributed by atoms with Crippen molar-refractivity contribution in [2.75, 3.05) is 0 Å². The van der Waals surface area contributed by atoms with Crippen LogP contribution in [-0.4, -0.2) is 5.11 Å². The minimum absolute atomic E-state index is 0.411. The Hall–Kier alpha value is -1.24. The molecule has 2 rings (SSSR count). The Balaban J connectivity index is 2.20. The monoisotopic (exact) mass is 272 g/mol. The molecule has 1 nitrogen and oxygen atoms in total. The van der Waals surface area contributed by atoms with Crippen LogP contribution in [0.5, 0.6) is 5.75 Å². The van der Waals surface area contributed by atoms with Gasteiger partial charge in [-0.3, -0.25) is 0 Å². The molecule has 0 saturated heterocycles. The molecule has 1 heteroatoms. The molecule has 0 amide bonds. The fraction of sp³-hybridized carbons (Fsp3) is 0.579. The van der Waals surface area contributed by atoms with Gasteiger partial charge in [0.25, 0.3) is 0 Å². The zero-order valence-electron chi connectivity index (χ0n) is 13.2. The van der Waals surface area contributed by atoms with Crippen molar-refractivity contribution < 1.29 is 5.11 Å². The summed E-state index contributed by atoms with van der Waals surface area (Å²) < 4.78 is 0. The van der Waals surface area contributed by atoms with E-state index in [1.165, 1.54) is 55.2 Å². The lowest BCUT2D eigenvalue weighted by molar-refractivity contribution is 0.459. The number of allylic oxidation sites excluding steroid dienone is 2. The number of phenols is 1. The van der Waals surface area contributed by atoms with Gasteiger partial charge in [0.1, 0.15) is 5.75 Å². The third-order valence-corrected chi connectivity index (χ3v) is 4.44. The molecule has 0 saturated carbocycles. The van der Waals surface area contributed by atoms with Gasteiger partial charge >= 0.3 is 0 Å². The van der Waals surface area contributed by atoms with Crippen LogP contribution in [0.4, 0.5) is 0 Å². The number of unbranched alkanes of at least 4 members (excludes halogenated alkanes) is 2. The highest BCUT2D eigenvalue weighted by Gasteiger charge is 2.19. The van der Waals surface area contributed by atoms with Crippen molar-refractivity contribution in [3.63, 3.8) is 0 Å². The standard InChI is InChI=1S/C19H28O/c1-4-5-6-9-16-12-15(3)19(18(20)13-16)17-10-7-8-14(2)11-17/h11-13,17,20H,4-10H2,1-3H3. The molecule has 20 heavy (non-hydrogen) atoms. The van der Waals surface area contributed by atoms with Crippen LogP contribution in [0.15, 0.2) is 23.8 Å². The molecule has 0 fully saturated rings. The zero-order chi connectivity index (χ0) is 14.5. The highest BCUT2D eigenvalue weighted by Crippen LogP contribution is 2.38. The van der Waals surface area contributed by atoms with Crippen LogP contribution in [0.1, 0.15) is 75.0 Å². The lowest BCUT2D eigenvalue weighted by Gasteiger charge is -2.23. The predicted octanol–water partition coefficient (Wildman–Crippen LogP) is 5.65. The minimum atomic E-state index is 0.411. The second-order valence-corrected chi connectivity index (χ2v) is 6.31. The Morgan fingerprint density at radius 3 is 2.65 bits per heavy atom. The van der Waals surface area contributed by atoms with Gasteiger partial charge in [-0.25, -0.2) is 0 Å². The predicted molar refractivity (Wildman–Crippen MR) is 86.4 cm³/mol. The van der Waals surface area contributed by atoms with Crippen molar-refractivity contribution in [1.82, 2.24) is 0 Å². The summed E-state index contributed by atoms with van der Waals surface area (Å²) in [5.41, 5.74) is 5.16. The van der Waals surface area contributed by atoms with Gasteiger partial charge in [0.15, 0.2) is 0 Å². The van der Waals surface area contributed by atoms with Gasteiger partial charge in [-0.05, 0) is 63.1 Å². The van der Waals surface area contributed by atoms with Crippen LogP contribution >= 0.6 is 0 Å². The molecule has 0 aromatic heterocycles. The summed E-state index contributed by atoms with van der Waals surface area (Å²) in [5, 5.41) is 10.4. The van der Waals surface area contributed by atoms with Crippen molar-refractivity contribution in [2.24, 2.45) is 0 Å². The summed E-state index contributed by atoms with van der Waals surface area (Å²) in [6, 6.07) is 4.28. The summed E-state index contributed by atoms with van der Waals surface area (Å²) in [6.45, 7) is 6.58. The molecule has 1 aromatic carbocycles. The van der Waals surface area contributed by atoms with Crippen LogP contribution in [0.3, 0.4) is 0 Å². The number of hydrogen-bond acceptors (Lipinski definition) is 1. The third kappa shape index (κ3) is 3.65. The van der Waals surface area contributed by atoms with Gasteiger partial charge in [0.05, 0.1) is 0 Å². The van der Waals surface area contributed by atoms with E-state index < -0.39 is 0 Å². The first-order valence-electron chi connectivity index (χ1n) is 8.11. The lowest BCUT2D eigenvalue weighted by atomic mass is 9.83. The molecule has 110 valence electrons. The Bertz CT molecular complexity index is 462. The molecule has 0 radical (unpaired) electrons. The number of rotatable bonds is 5. The lowest BCUT2D eigenvalue weighted by Crippen LogP contribution is -2.05. The average Bonchev–Trinajstić information content (AvgIpc) is 2.38. The molecule has 0 spiro atoms. The SMILES string of the molecule is CCCCCc1cc(C)c(C2C=C(C)CCC2)c(O)c1. The maximum absolute atomic E-state index is 10.4. The summed E-state index contributed by atoms with van der Waals surface area (Å²) in [4.78, 5) is 0. The molecule has 0 aliphatic heterocycles. The highest BCUT2D eigenvalue weighted by atomic mass is 16.3. The fourth-order valence-electron chi connectivity index (χ4n) is 3.40. The first kappa shape index (κ1) is 15.2. The molecule has 0 heterocycles. The Kier molecular flexibility index (Phi) is 5.28. The number of benzene rings is 1. The molecular formula is C19H28O. The first-order chi connectivity index (χ1) is 9.61. The first-order valence-corrected chi connectivity index (χ1v) is 8.11. The highest BCUT2D eigenvalue weighted by molar-refractivity contribution is 5.47. The van der Waals surface area contributed by atoms with Crippen molar-refractivity contribution in [3.8, 4) is 5.75 Å². The molecule has 0 bridgehead atoms. The van der Waals surface area contributed by atoms with E-state index in [-0.39, 0.29) is 0 Å². The summed E-state index contributed by atoms with van der Waals surface area (Å²) in [5.74, 6) is 0.917. The molecule has 1 aliphatic rings. The van der Waals surface area contributed by atoms with Crippen molar-refractivity contribution in [1.29, 1.82) is 0 Å². The van der Waals surface area contributed by atoms with Gasteiger partial charge in [-0.15, -0.1) is 0 Å². The fourth-order valence-corrected chi connectivity index (χ4v) is 3.40. The summed E-state index contributed by atoms with van der Waals surface area (Å²) >= 11 is 0. The maximum Gasteiger partial charge on any atom is 0.119 e. The van der Waals surface area contributed by atoms with Crippen LogP contribution in [0.2, 0.25) is 0 Å². The number of aryl methyl sites for hydroxylation is 2. The maximum atomic E-state index is 10.4. The Labute approximate surface area is 123 Å². The molecule has 1 aromatic rings. The third-order valence-electron chi connectivity index (χ3n) is 4.44. The van der Waals surface area contributed by atoms with E-state index in [0.717, 1.165) is 12.0 Å². The molecule has 1 N–H and O–H groups in total. The topological polar surface area (TPSA) is 20.2 Å². The summed E-state index contributed by atoms with van der Waals surface area (Å²) in [6.07, 6.45) is 10.8. The second kappa shape index (κ2) is 6.97. The minimum Gasteiger partial charge on any atom is -0.508 e. The molecule has 1 aliphatic carbocycles. The van der Waals surface area contributed by atoms with Crippen LogP contribution in [-0.2, 0) is 6.42 Å². The smallest absolute Gasteiger partial charge is 0.119 e. The van der Waals surface area contributed by atoms with Crippen molar-refractivity contribution >= 4 is 0 Å². The van der Waals surface area contributed by atoms with E-state index in [4.69, 9.17) is 0 Å². The average molecular weight is 272 g/mol. The quantitative estimate of drug-likeness (QED) is 0.542. The molecule has 1 atom stereocenters. The van der Waals surface area contributed by atoms with Gasteiger partial charge in [-0.2, -0.15) is 0 Å². The van der Waals surface area contributed by atoms with Crippen molar-refractivity contribution in [3.05, 3.63) is 40.5 Å². The van der Waals surface area contributed by atoms with E-state index in [9.17, 15) is 5.11 Å². The molecular weight excluding hydrogens is 244 g/mol. The van der Waals surface area contributed by atoms with Crippen LogP contribution in [0, 0.1) is 6.92 Å².